The number of carbonyl (C=O) groups is 9. The van der Waals surface area contributed by atoms with E-state index in [2.05, 4.69) is 21.3 Å². The van der Waals surface area contributed by atoms with Crippen molar-refractivity contribution >= 4 is 53.0 Å². The lowest BCUT2D eigenvalue weighted by atomic mass is 10.0. The lowest BCUT2D eigenvalue weighted by molar-refractivity contribution is -0.145. The Bertz CT molecular complexity index is 1440. The van der Waals surface area contributed by atoms with E-state index in [-0.39, 0.29) is 70.6 Å². The van der Waals surface area contributed by atoms with Gasteiger partial charge in [-0.2, -0.15) is 0 Å². The molecule has 8 N–H and O–H groups in total. The van der Waals surface area contributed by atoms with Crippen LogP contribution in [0.4, 0.5) is 0 Å². The summed E-state index contributed by atoms with van der Waals surface area (Å²) in [7, 11) is 1.44. The molecule has 0 aliphatic heterocycles. The Morgan fingerprint density at radius 1 is 0.648 bits per heavy atom. The lowest BCUT2D eigenvalue weighted by Gasteiger charge is -2.31. The van der Waals surface area contributed by atoms with Crippen LogP contribution in [0.3, 0.4) is 0 Å². The number of methoxy groups -OCH3 is 1. The summed E-state index contributed by atoms with van der Waals surface area (Å²) in [5, 5.41) is 9.27. The molecule has 0 saturated carbocycles. The molecule has 0 fully saturated rings. The molecule has 0 aliphatic rings. The molecule has 0 heterocycles. The van der Waals surface area contributed by atoms with Crippen molar-refractivity contribution in [2.75, 3.05) is 85.7 Å². The van der Waals surface area contributed by atoms with Gasteiger partial charge in [0.05, 0.1) is 59.0 Å². The fraction of sp³-hybridized carbons (Fsp3) is 0.571. The minimum Gasteiger partial charge on any atom is -0.383 e. The summed E-state index contributed by atoms with van der Waals surface area (Å²) in [5.74, 6) is -5.51. The van der Waals surface area contributed by atoms with Crippen LogP contribution in [0, 0.1) is 5.92 Å². The summed E-state index contributed by atoms with van der Waals surface area (Å²) in [6.07, 6.45) is -0.275. The predicted octanol–water partition coefficient (Wildman–Crippen LogP) is -3.16. The van der Waals surface area contributed by atoms with Crippen LogP contribution in [-0.2, 0) is 47.9 Å². The van der Waals surface area contributed by atoms with Crippen molar-refractivity contribution in [1.82, 2.24) is 36.0 Å². The number of nitrogens with two attached hydrogens (primary N) is 2. The molecule has 0 aliphatic carbocycles. The fourth-order valence-corrected chi connectivity index (χ4v) is 4.82. The molecule has 1 unspecified atom stereocenters. The number of amides is 8. The fourth-order valence-electron chi connectivity index (χ4n) is 4.82. The smallest absolute Gasteiger partial charge is 0.242 e. The quantitative estimate of drug-likeness (QED) is 0.0548. The molecule has 0 radical (unpaired) electrons. The van der Waals surface area contributed by atoms with Crippen LogP contribution in [0.1, 0.15) is 45.1 Å². The van der Waals surface area contributed by atoms with E-state index in [4.69, 9.17) is 16.2 Å². The zero-order valence-electron chi connectivity index (χ0n) is 31.5. The van der Waals surface area contributed by atoms with Crippen molar-refractivity contribution in [2.45, 2.75) is 39.5 Å². The third-order valence-corrected chi connectivity index (χ3v) is 7.70. The number of primary amides is 1. The number of nitrogens with zero attached hydrogens (tertiary/aromatic N) is 3. The van der Waals surface area contributed by atoms with E-state index in [0.29, 0.717) is 0 Å². The van der Waals surface area contributed by atoms with Gasteiger partial charge in [0.2, 0.25) is 47.3 Å². The van der Waals surface area contributed by atoms with Gasteiger partial charge in [-0.1, -0.05) is 51.1 Å². The Balaban J connectivity index is 2.84. The Hall–Kier alpha value is -5.43. The van der Waals surface area contributed by atoms with Crippen LogP contribution in [0.5, 0.6) is 0 Å². The van der Waals surface area contributed by atoms with Gasteiger partial charge in [0.1, 0.15) is 0 Å². The molecule has 0 aromatic heterocycles. The molecule has 0 spiro atoms. The molecule has 0 bridgehead atoms. The van der Waals surface area contributed by atoms with Gasteiger partial charge < -0.3 is 52.2 Å². The summed E-state index contributed by atoms with van der Waals surface area (Å²) < 4.78 is 5.15. The van der Waals surface area contributed by atoms with E-state index < -0.39 is 85.8 Å². The monoisotopic (exact) mass is 761 g/mol. The molecule has 1 rings (SSSR count). The van der Waals surface area contributed by atoms with Gasteiger partial charge in [0.25, 0.3) is 0 Å². The van der Waals surface area contributed by atoms with E-state index in [1.165, 1.54) is 21.8 Å². The Kier molecular flexibility index (Phi) is 22.0. The van der Waals surface area contributed by atoms with Gasteiger partial charge in [0, 0.05) is 39.6 Å². The lowest BCUT2D eigenvalue weighted by Crippen LogP contribution is -2.51. The first-order valence-electron chi connectivity index (χ1n) is 17.5. The topological polar surface area (TPSA) is 273 Å². The number of hydrogen-bond donors (Lipinski definition) is 6. The van der Waals surface area contributed by atoms with Gasteiger partial charge in [-0.25, -0.2) is 0 Å². The first-order valence-corrected chi connectivity index (χ1v) is 17.5. The second-order valence-electron chi connectivity index (χ2n) is 12.9. The van der Waals surface area contributed by atoms with Crippen molar-refractivity contribution in [3.8, 4) is 0 Å². The van der Waals surface area contributed by atoms with Crippen LogP contribution in [-0.4, -0.2) is 153 Å². The van der Waals surface area contributed by atoms with Crippen molar-refractivity contribution < 1.29 is 47.9 Å². The van der Waals surface area contributed by atoms with E-state index >= 15 is 0 Å². The minimum atomic E-state index is -0.729. The third kappa shape index (κ3) is 20.0. The van der Waals surface area contributed by atoms with E-state index in [1.54, 1.807) is 0 Å². The molecule has 1 aromatic rings. The zero-order valence-corrected chi connectivity index (χ0v) is 31.5. The predicted molar refractivity (Wildman–Crippen MR) is 196 cm³/mol. The van der Waals surface area contributed by atoms with Crippen LogP contribution in [0.25, 0.3) is 0 Å². The minimum absolute atomic E-state index is 0.0399. The highest BCUT2D eigenvalue weighted by atomic mass is 16.5. The maximum atomic E-state index is 13.8. The molecule has 1 atom stereocenters. The van der Waals surface area contributed by atoms with Crippen LogP contribution in [0.2, 0.25) is 0 Å². The first kappa shape index (κ1) is 46.6. The Morgan fingerprint density at radius 3 is 1.67 bits per heavy atom. The molecule has 8 amide bonds. The average molecular weight is 762 g/mol. The van der Waals surface area contributed by atoms with Crippen molar-refractivity contribution in [3.63, 3.8) is 0 Å². The highest BCUT2D eigenvalue weighted by Gasteiger charge is 2.27. The molecule has 19 heteroatoms. The van der Waals surface area contributed by atoms with Crippen LogP contribution < -0.4 is 32.7 Å². The molecular weight excluding hydrogens is 706 g/mol. The number of nitrogens with one attached hydrogen (secondary N) is 4. The van der Waals surface area contributed by atoms with Crippen molar-refractivity contribution in [2.24, 2.45) is 17.4 Å². The second kappa shape index (κ2) is 25.5. The number of benzene rings is 1. The van der Waals surface area contributed by atoms with Gasteiger partial charge >= 0.3 is 0 Å². The number of carbonyl (C=O) groups excluding carboxylic acids is 9. The maximum Gasteiger partial charge on any atom is 0.242 e. The standard InChI is InChI=1S/C35H55N9O10/c1-24(2)19-43(33(51)14-36)23-34(52)42(12-13-54-4)22-35(53)44(20-25(3)26-8-6-5-7-9-26)21-32(50)41-18-31(49)40-17-30(48)39-16-29(47)38-15-27(45)10-11-28(37)46/h5-9,24-25H,10-23,36H2,1-4H3,(H2,37,46)(H,38,47)(H,39,48)(H,40,49)(H,41,50). The SMILES string of the molecule is COCCN(CC(=O)N(CC(=O)NCC(=O)NCC(=O)NCC(=O)NCC(=O)CCC(N)=O)CC(C)c1ccccc1)C(=O)CN(CC(C)C)C(=O)CN. The molecule has 54 heavy (non-hydrogen) atoms. The van der Waals surface area contributed by atoms with Gasteiger partial charge in [0.15, 0.2) is 5.78 Å². The molecule has 19 nitrogen and oxygen atoms in total. The van der Waals surface area contributed by atoms with Gasteiger partial charge in [-0.3, -0.25) is 43.2 Å². The van der Waals surface area contributed by atoms with E-state index in [9.17, 15) is 43.2 Å². The first-order chi connectivity index (χ1) is 25.6. The highest BCUT2D eigenvalue weighted by Crippen LogP contribution is 2.16. The third-order valence-electron chi connectivity index (χ3n) is 7.70. The Labute approximate surface area is 315 Å². The summed E-state index contributed by atoms with van der Waals surface area (Å²) in [6, 6.07) is 9.28. The summed E-state index contributed by atoms with van der Waals surface area (Å²) in [5.41, 5.74) is 11.4. The summed E-state index contributed by atoms with van der Waals surface area (Å²) in [4.78, 5) is 115. The number of hydrogen-bond acceptors (Lipinski definition) is 11. The number of Topliss-reactive ketones (excluding diaryl/α,β-unsaturated/α-hetero) is 1. The number of ether oxygens (including phenoxy) is 1. The Morgan fingerprint density at radius 2 is 1.15 bits per heavy atom. The molecule has 300 valence electrons. The van der Waals surface area contributed by atoms with Gasteiger partial charge in [-0.05, 0) is 17.4 Å². The van der Waals surface area contributed by atoms with Crippen molar-refractivity contribution in [3.05, 3.63) is 35.9 Å². The zero-order chi connectivity index (χ0) is 40.6. The molecule has 1 aromatic carbocycles. The van der Waals surface area contributed by atoms with Crippen molar-refractivity contribution in [1.29, 1.82) is 0 Å². The average Bonchev–Trinajstić information content (AvgIpc) is 3.14. The van der Waals surface area contributed by atoms with E-state index in [0.717, 1.165) is 5.56 Å². The van der Waals surface area contributed by atoms with E-state index in [1.807, 2.05) is 51.1 Å². The van der Waals surface area contributed by atoms with Crippen LogP contribution in [0.15, 0.2) is 30.3 Å². The van der Waals surface area contributed by atoms with Crippen LogP contribution >= 0.6 is 0 Å². The van der Waals surface area contributed by atoms with Gasteiger partial charge in [-0.15, -0.1) is 0 Å². The largest absolute Gasteiger partial charge is 0.383 e. The number of ketones is 1. The normalized spacial score (nSPS) is 11.1. The number of rotatable bonds is 26. The summed E-state index contributed by atoms with van der Waals surface area (Å²) >= 11 is 0. The maximum absolute atomic E-state index is 13.8. The second-order valence-corrected chi connectivity index (χ2v) is 12.9. The molecular formula is C35H55N9O10. The highest BCUT2D eigenvalue weighted by molar-refractivity contribution is 5.93. The molecule has 0 saturated heterocycles. The summed E-state index contributed by atoms with van der Waals surface area (Å²) in [6.45, 7) is 2.86.